The third kappa shape index (κ3) is 27.3. The van der Waals surface area contributed by atoms with E-state index in [1.54, 1.807) is 18.2 Å². The number of ether oxygens (including phenoxy) is 12. The summed E-state index contributed by atoms with van der Waals surface area (Å²) in [6.07, 6.45) is 13.9. The molecular formula is C62H81N5O25. The van der Waals surface area contributed by atoms with Crippen LogP contribution >= 0.6 is 0 Å². The van der Waals surface area contributed by atoms with Gasteiger partial charge < -0.3 is 80.4 Å². The van der Waals surface area contributed by atoms with Gasteiger partial charge in [0.15, 0.2) is 5.76 Å². The van der Waals surface area contributed by atoms with Gasteiger partial charge in [0.1, 0.15) is 56.5 Å². The van der Waals surface area contributed by atoms with Gasteiger partial charge in [0.2, 0.25) is 45.6 Å². The molecule has 0 spiro atoms. The van der Waals surface area contributed by atoms with Gasteiger partial charge in [-0.1, -0.05) is 70.8 Å². The molecule has 1 saturated heterocycles. The number of aryl methyl sites for hydroxylation is 1. The summed E-state index contributed by atoms with van der Waals surface area (Å²) in [5.41, 5.74) is 0.785. The summed E-state index contributed by atoms with van der Waals surface area (Å²) >= 11 is 0. The average Bonchev–Trinajstić information content (AvgIpc) is 2.02. The monoisotopic (exact) mass is 1300 g/mol. The van der Waals surface area contributed by atoms with Crippen LogP contribution in [0.2, 0.25) is 0 Å². The zero-order valence-electron chi connectivity index (χ0n) is 52.8. The topological polar surface area (TPSA) is 351 Å². The maximum atomic E-state index is 13.7. The zero-order valence-corrected chi connectivity index (χ0v) is 52.8. The molecule has 0 N–H and O–H groups in total. The summed E-state index contributed by atoms with van der Waals surface area (Å²) in [4.78, 5) is 147. The number of fused-ring (bicyclic) bond motifs is 1. The number of nitrogens with zero attached hydrogens (tertiary/aromatic N) is 5. The minimum atomic E-state index is -1.02. The lowest BCUT2D eigenvalue weighted by Gasteiger charge is -2.35. The van der Waals surface area contributed by atoms with E-state index in [1.807, 2.05) is 4.90 Å². The van der Waals surface area contributed by atoms with Gasteiger partial charge in [-0.25, -0.2) is 9.78 Å². The molecule has 2 aromatic heterocycles. The summed E-state index contributed by atoms with van der Waals surface area (Å²) in [5, 5.41) is 0.305. The summed E-state index contributed by atoms with van der Waals surface area (Å²) in [7, 11) is 0. The zero-order chi connectivity index (χ0) is 66.8. The molecule has 5 rings (SSSR count). The Morgan fingerprint density at radius 2 is 0.957 bits per heavy atom. The number of carbonyl (C=O) groups is 11. The first-order chi connectivity index (χ1) is 44.2. The van der Waals surface area contributed by atoms with Gasteiger partial charge in [-0.2, -0.15) is 0 Å². The number of furan rings is 1. The average molecular weight is 1300 g/mol. The molecule has 1 fully saturated rings. The molecule has 2 aromatic carbocycles. The number of carbonyl (C=O) groups excluding carboxylic acids is 11. The first-order valence-electron chi connectivity index (χ1n) is 30.1. The fraction of sp³-hybridized carbons (Fsp3) is 0.548. The smallest absolute Gasteiger partial charge is 0.378 e. The van der Waals surface area contributed by atoms with Crippen LogP contribution in [0.15, 0.2) is 51.4 Å². The van der Waals surface area contributed by atoms with Gasteiger partial charge in [-0.15, -0.1) is 0 Å². The van der Waals surface area contributed by atoms with Crippen molar-refractivity contribution in [3.63, 3.8) is 0 Å². The quantitative estimate of drug-likeness (QED) is 0.0210. The lowest BCUT2D eigenvalue weighted by molar-refractivity contribution is -0.167. The highest BCUT2D eigenvalue weighted by Crippen LogP contribution is 2.38. The first-order valence-corrected chi connectivity index (χ1v) is 30.1. The maximum Gasteiger partial charge on any atom is 0.378 e. The van der Waals surface area contributed by atoms with Crippen LogP contribution in [-0.2, 0) is 102 Å². The van der Waals surface area contributed by atoms with Crippen molar-refractivity contribution in [1.29, 1.82) is 0 Å². The van der Waals surface area contributed by atoms with Crippen molar-refractivity contribution in [3.8, 4) is 23.1 Å². The number of amides is 1. The Morgan fingerprint density at radius 1 is 0.500 bits per heavy atom. The standard InChI is InChI=1S/C62H81N5O25/c1-7-8-9-10-11-12-13-14-15-16-21-64-22-24-65(25-23-64)56(73)20-18-47-17-19-49(66(33-57(74)86-37-81-42(2)68)34-58(75)87-38-82-43(3)69)52(28-47)79-26-27-80-53-29-48-30-54(61-63-32-55(92-61)62(78)90-41-85-46(6)72)91-51(48)31-50(53)67(35-59(76)88-39-83-44(4)70)36-60(77)89-40-84-45(5)71/h17,19,28-32H,7-16,18,20-27,33-41H2,1-6H3. The molecular weight excluding hydrogens is 1210 g/mol. The van der Waals surface area contributed by atoms with E-state index in [1.165, 1.54) is 80.9 Å². The molecule has 0 saturated carbocycles. The van der Waals surface area contributed by atoms with E-state index in [0.717, 1.165) is 71.8 Å². The number of oxazole rings is 1. The number of hydrogen-bond donors (Lipinski definition) is 0. The van der Waals surface area contributed by atoms with Crippen molar-refractivity contribution < 1.29 is 118 Å². The number of rotatable bonds is 41. The van der Waals surface area contributed by atoms with Gasteiger partial charge in [0, 0.05) is 78.7 Å². The van der Waals surface area contributed by atoms with E-state index < -0.39 is 120 Å². The normalized spacial score (nSPS) is 12.0. The second-order valence-electron chi connectivity index (χ2n) is 20.9. The first kappa shape index (κ1) is 73.3. The van der Waals surface area contributed by atoms with Crippen LogP contribution in [0.1, 0.15) is 128 Å². The second-order valence-corrected chi connectivity index (χ2v) is 20.9. The van der Waals surface area contributed by atoms with Crippen molar-refractivity contribution in [3.05, 3.63) is 53.9 Å². The molecule has 4 aromatic rings. The molecule has 0 radical (unpaired) electrons. The van der Waals surface area contributed by atoms with Crippen molar-refractivity contribution in [2.45, 2.75) is 119 Å². The molecule has 504 valence electrons. The van der Waals surface area contributed by atoms with E-state index in [2.05, 4.69) is 21.5 Å². The Bertz CT molecular complexity index is 3050. The van der Waals surface area contributed by atoms with Crippen LogP contribution in [0.25, 0.3) is 22.6 Å². The van der Waals surface area contributed by atoms with Gasteiger partial charge in [0.25, 0.3) is 5.89 Å². The molecule has 30 heteroatoms. The number of hydrogen-bond acceptors (Lipinski definition) is 29. The van der Waals surface area contributed by atoms with Crippen LogP contribution in [0.3, 0.4) is 0 Å². The van der Waals surface area contributed by atoms with Gasteiger partial charge in [0.05, 0.1) is 17.6 Å². The van der Waals surface area contributed by atoms with Crippen LogP contribution in [0.5, 0.6) is 11.5 Å². The van der Waals surface area contributed by atoms with Crippen LogP contribution in [0.4, 0.5) is 11.4 Å². The molecule has 0 unspecified atom stereocenters. The van der Waals surface area contributed by atoms with Gasteiger partial charge in [-0.3, -0.25) is 52.8 Å². The van der Waals surface area contributed by atoms with E-state index >= 15 is 0 Å². The highest BCUT2D eigenvalue weighted by Gasteiger charge is 2.27. The highest BCUT2D eigenvalue weighted by molar-refractivity contribution is 5.91. The Labute approximate surface area is 531 Å². The fourth-order valence-electron chi connectivity index (χ4n) is 9.06. The fourth-order valence-corrected chi connectivity index (χ4v) is 9.06. The van der Waals surface area contributed by atoms with E-state index in [4.69, 9.17) is 60.9 Å². The third-order valence-electron chi connectivity index (χ3n) is 13.7. The van der Waals surface area contributed by atoms with Crippen molar-refractivity contribution in [2.75, 3.05) is 116 Å². The minimum absolute atomic E-state index is 0.0250. The van der Waals surface area contributed by atoms with Crippen LogP contribution < -0.4 is 19.3 Å². The van der Waals surface area contributed by atoms with Crippen LogP contribution in [0, 0.1) is 0 Å². The Kier molecular flexibility index (Phi) is 31.5. The van der Waals surface area contributed by atoms with Crippen LogP contribution in [-0.4, -0.2) is 186 Å². The number of piperazine rings is 1. The predicted molar refractivity (Wildman–Crippen MR) is 320 cm³/mol. The van der Waals surface area contributed by atoms with E-state index in [0.29, 0.717) is 24.0 Å². The van der Waals surface area contributed by atoms with Gasteiger partial charge in [-0.05, 0) is 49.2 Å². The summed E-state index contributed by atoms with van der Waals surface area (Å²) < 4.78 is 73.5. The van der Waals surface area contributed by atoms with Gasteiger partial charge >= 0.3 is 59.7 Å². The molecule has 0 aliphatic carbocycles. The van der Waals surface area contributed by atoms with Crippen molar-refractivity contribution in [1.82, 2.24) is 14.8 Å². The van der Waals surface area contributed by atoms with E-state index in [-0.39, 0.29) is 77.8 Å². The number of esters is 10. The molecule has 0 bridgehead atoms. The maximum absolute atomic E-state index is 13.7. The molecule has 3 heterocycles. The van der Waals surface area contributed by atoms with Crippen molar-refractivity contribution in [2.24, 2.45) is 0 Å². The molecule has 0 atom stereocenters. The van der Waals surface area contributed by atoms with E-state index in [9.17, 15) is 52.7 Å². The van der Waals surface area contributed by atoms with Crippen molar-refractivity contribution >= 4 is 87.9 Å². The summed E-state index contributed by atoms with van der Waals surface area (Å²) in [6.45, 7) is 4.24. The number of aromatic nitrogens is 1. The molecule has 1 amide bonds. The SMILES string of the molecule is CCCCCCCCCCCCN1CCN(C(=O)CCc2ccc(N(CC(=O)OCOC(C)=O)CC(=O)OCOC(C)=O)c(OCCOc3cc4cc(-c5ncc(C(=O)OCOC(C)=O)o5)oc4cc3N(CC(=O)OCOC(C)=O)CC(=O)OCOC(C)=O)c2)CC1. The lowest BCUT2D eigenvalue weighted by Crippen LogP contribution is -2.48. The molecule has 92 heavy (non-hydrogen) atoms. The predicted octanol–water partition coefficient (Wildman–Crippen LogP) is 6.09. The summed E-state index contributed by atoms with van der Waals surface area (Å²) in [6, 6.07) is 9.11. The summed E-state index contributed by atoms with van der Waals surface area (Å²) in [5.74, 6) is -9.30. The molecule has 30 nitrogen and oxygen atoms in total. The Morgan fingerprint density at radius 3 is 1.45 bits per heavy atom. The molecule has 1 aliphatic heterocycles. The largest absolute Gasteiger partial charge is 0.488 e. The number of anilines is 2. The number of benzene rings is 2. The highest BCUT2D eigenvalue weighted by atomic mass is 16.7. The second kappa shape index (κ2) is 39.6. The number of unbranched alkanes of at least 4 members (excludes halogenated alkanes) is 9. The Balaban J connectivity index is 1.43. The molecule has 1 aliphatic rings. The minimum Gasteiger partial charge on any atom is -0.488 e. The third-order valence-corrected chi connectivity index (χ3v) is 13.7. The lowest BCUT2D eigenvalue weighted by atomic mass is 10.1. The Hall–Kier alpha value is -9.48.